The highest BCUT2D eigenvalue weighted by atomic mass is 32.1. The van der Waals surface area contributed by atoms with Gasteiger partial charge >= 0.3 is 11.9 Å². The predicted molar refractivity (Wildman–Crippen MR) is 129 cm³/mol. The van der Waals surface area contributed by atoms with Gasteiger partial charge < -0.3 is 20.1 Å². The lowest BCUT2D eigenvalue weighted by molar-refractivity contribution is 0.0527. The fraction of sp³-hybridized carbons (Fsp3) is 0.273. The van der Waals surface area contributed by atoms with E-state index in [1.165, 1.54) is 0 Å². The normalized spacial score (nSPS) is 10.5. The average Bonchev–Trinajstić information content (AvgIpc) is 3.32. The SMILES string of the molecule is CCOC(=O)c1sc(NC(=S)Nc2cnn(Cc3ccccc3)c2)c(C(=O)OCC)c1C. The van der Waals surface area contributed by atoms with Gasteiger partial charge in [-0.05, 0) is 44.1 Å². The third-order valence-electron chi connectivity index (χ3n) is 4.39. The smallest absolute Gasteiger partial charge is 0.348 e. The Labute approximate surface area is 195 Å². The number of thiophene rings is 1. The zero-order chi connectivity index (χ0) is 23.1. The summed E-state index contributed by atoms with van der Waals surface area (Å²) in [4.78, 5) is 25.1. The van der Waals surface area contributed by atoms with Crippen molar-refractivity contribution in [1.29, 1.82) is 0 Å². The number of rotatable bonds is 8. The first-order valence-corrected chi connectivity index (χ1v) is 11.3. The van der Waals surface area contributed by atoms with Crippen LogP contribution in [0.15, 0.2) is 42.7 Å². The van der Waals surface area contributed by atoms with Gasteiger partial charge in [-0.25, -0.2) is 9.59 Å². The van der Waals surface area contributed by atoms with Gasteiger partial charge in [0.15, 0.2) is 5.11 Å². The summed E-state index contributed by atoms with van der Waals surface area (Å²) in [7, 11) is 0. The van der Waals surface area contributed by atoms with E-state index in [1.807, 2.05) is 36.5 Å². The summed E-state index contributed by atoms with van der Waals surface area (Å²) < 4.78 is 12.1. The van der Waals surface area contributed by atoms with Gasteiger partial charge in [-0.15, -0.1) is 11.3 Å². The van der Waals surface area contributed by atoms with Gasteiger partial charge in [-0.2, -0.15) is 5.10 Å². The molecule has 0 aliphatic carbocycles. The Bertz CT molecular complexity index is 1110. The number of thiocarbonyl (C=S) groups is 1. The van der Waals surface area contributed by atoms with Gasteiger partial charge in [0.2, 0.25) is 0 Å². The van der Waals surface area contributed by atoms with Crippen LogP contribution in [0.4, 0.5) is 10.7 Å². The van der Waals surface area contributed by atoms with Crippen LogP contribution in [0.1, 0.15) is 45.0 Å². The van der Waals surface area contributed by atoms with Crippen LogP contribution in [0.3, 0.4) is 0 Å². The number of carbonyl (C=O) groups is 2. The third-order valence-corrected chi connectivity index (χ3v) is 5.78. The van der Waals surface area contributed by atoms with Crippen molar-refractivity contribution >= 4 is 51.3 Å². The molecule has 0 unspecified atom stereocenters. The summed E-state index contributed by atoms with van der Waals surface area (Å²) in [5.41, 5.74) is 2.58. The Morgan fingerprint density at radius 1 is 1.09 bits per heavy atom. The molecule has 168 valence electrons. The molecule has 2 aromatic heterocycles. The van der Waals surface area contributed by atoms with Crippen LogP contribution in [0, 0.1) is 6.92 Å². The fourth-order valence-corrected chi connectivity index (χ4v) is 4.37. The van der Waals surface area contributed by atoms with E-state index >= 15 is 0 Å². The molecule has 0 bridgehead atoms. The Balaban J connectivity index is 1.74. The number of nitrogens with zero attached hydrogens (tertiary/aromatic N) is 2. The highest BCUT2D eigenvalue weighted by molar-refractivity contribution is 7.80. The van der Waals surface area contributed by atoms with Gasteiger partial charge in [-0.3, -0.25) is 4.68 Å². The number of hydrogen-bond acceptors (Lipinski definition) is 7. The van der Waals surface area contributed by atoms with Crippen LogP contribution in [-0.4, -0.2) is 40.0 Å². The van der Waals surface area contributed by atoms with Crippen molar-refractivity contribution < 1.29 is 19.1 Å². The van der Waals surface area contributed by atoms with Crippen molar-refractivity contribution in [2.24, 2.45) is 0 Å². The maximum atomic E-state index is 12.5. The number of carbonyl (C=O) groups excluding carboxylic acids is 2. The number of anilines is 2. The van der Waals surface area contributed by atoms with Crippen LogP contribution in [0.2, 0.25) is 0 Å². The first-order chi connectivity index (χ1) is 15.4. The van der Waals surface area contributed by atoms with Crippen LogP contribution in [0.25, 0.3) is 0 Å². The molecule has 3 rings (SSSR count). The number of ether oxygens (including phenoxy) is 2. The lowest BCUT2D eigenvalue weighted by Gasteiger charge is -2.09. The second-order valence-corrected chi connectivity index (χ2v) is 8.12. The van der Waals surface area contributed by atoms with Crippen LogP contribution in [-0.2, 0) is 16.0 Å². The fourth-order valence-electron chi connectivity index (χ4n) is 2.99. The van der Waals surface area contributed by atoms with E-state index in [9.17, 15) is 9.59 Å². The molecule has 10 heteroatoms. The van der Waals surface area contributed by atoms with Gasteiger partial charge in [0.25, 0.3) is 0 Å². The van der Waals surface area contributed by atoms with Crippen molar-refractivity contribution in [3.8, 4) is 0 Å². The molecule has 0 atom stereocenters. The minimum absolute atomic E-state index is 0.214. The van der Waals surface area contributed by atoms with Crippen molar-refractivity contribution in [1.82, 2.24) is 9.78 Å². The van der Waals surface area contributed by atoms with E-state index in [0.29, 0.717) is 27.7 Å². The topological polar surface area (TPSA) is 94.5 Å². The molecule has 0 spiro atoms. The highest BCUT2D eigenvalue weighted by Gasteiger charge is 2.26. The molecule has 0 aliphatic rings. The summed E-state index contributed by atoms with van der Waals surface area (Å²) in [5.74, 6) is -1.02. The standard InChI is InChI=1S/C22H24N4O4S2/c1-4-29-20(27)17-14(3)18(21(28)30-5-2)32-19(17)25-22(31)24-16-11-23-26(13-16)12-15-9-7-6-8-10-15/h6-11,13H,4-5,12H2,1-3H3,(H2,24,25,31). The van der Waals surface area contributed by atoms with Crippen molar-refractivity contribution in [3.05, 3.63) is 64.3 Å². The second kappa shape index (κ2) is 10.9. The summed E-state index contributed by atoms with van der Waals surface area (Å²) in [6.45, 7) is 6.21. The molecule has 1 aromatic carbocycles. The molecule has 32 heavy (non-hydrogen) atoms. The van der Waals surface area contributed by atoms with Crippen molar-refractivity contribution in [2.45, 2.75) is 27.3 Å². The van der Waals surface area contributed by atoms with Gasteiger partial charge in [-0.1, -0.05) is 30.3 Å². The Morgan fingerprint density at radius 3 is 2.47 bits per heavy atom. The first-order valence-electron chi connectivity index (χ1n) is 10.0. The van der Waals surface area contributed by atoms with Gasteiger partial charge in [0.1, 0.15) is 9.88 Å². The highest BCUT2D eigenvalue weighted by Crippen LogP contribution is 2.34. The van der Waals surface area contributed by atoms with Crippen LogP contribution in [0.5, 0.6) is 0 Å². The number of esters is 2. The summed E-state index contributed by atoms with van der Waals surface area (Å²) in [5, 5.41) is 11.1. The zero-order valence-electron chi connectivity index (χ0n) is 18.0. The molecule has 0 saturated heterocycles. The van der Waals surface area contributed by atoms with Crippen molar-refractivity contribution in [3.63, 3.8) is 0 Å². The molecular weight excluding hydrogens is 448 g/mol. The zero-order valence-corrected chi connectivity index (χ0v) is 19.6. The minimum Gasteiger partial charge on any atom is -0.462 e. The maximum Gasteiger partial charge on any atom is 0.348 e. The number of nitrogens with one attached hydrogen (secondary N) is 2. The number of aromatic nitrogens is 2. The van der Waals surface area contributed by atoms with E-state index < -0.39 is 11.9 Å². The van der Waals surface area contributed by atoms with Gasteiger partial charge in [0.05, 0.1) is 37.2 Å². The minimum atomic E-state index is -0.530. The summed E-state index contributed by atoms with van der Waals surface area (Å²) >= 11 is 6.52. The molecule has 0 saturated carbocycles. The van der Waals surface area contributed by atoms with E-state index in [-0.39, 0.29) is 23.9 Å². The van der Waals surface area contributed by atoms with Crippen LogP contribution < -0.4 is 10.6 Å². The molecular formula is C22H24N4O4S2. The van der Waals surface area contributed by atoms with E-state index in [4.69, 9.17) is 21.7 Å². The third kappa shape index (κ3) is 5.71. The molecule has 8 nitrogen and oxygen atoms in total. The number of hydrogen-bond donors (Lipinski definition) is 2. The van der Waals surface area contributed by atoms with Crippen molar-refractivity contribution in [2.75, 3.05) is 23.8 Å². The summed E-state index contributed by atoms with van der Waals surface area (Å²) in [6, 6.07) is 9.97. The monoisotopic (exact) mass is 472 g/mol. The first kappa shape index (κ1) is 23.4. The molecule has 0 amide bonds. The predicted octanol–water partition coefficient (Wildman–Crippen LogP) is 4.46. The lowest BCUT2D eigenvalue weighted by atomic mass is 10.1. The molecule has 0 radical (unpaired) electrons. The van der Waals surface area contributed by atoms with Crippen LogP contribution >= 0.6 is 23.6 Å². The summed E-state index contributed by atoms with van der Waals surface area (Å²) in [6.07, 6.45) is 3.49. The van der Waals surface area contributed by atoms with E-state index in [2.05, 4.69) is 15.7 Å². The maximum absolute atomic E-state index is 12.5. The second-order valence-electron chi connectivity index (χ2n) is 6.69. The average molecular weight is 473 g/mol. The molecule has 2 N–H and O–H groups in total. The van der Waals surface area contributed by atoms with E-state index in [1.54, 1.807) is 31.6 Å². The molecule has 2 heterocycles. The van der Waals surface area contributed by atoms with E-state index in [0.717, 1.165) is 16.9 Å². The quantitative estimate of drug-likeness (QED) is 0.366. The Hall–Kier alpha value is -3.24. The largest absolute Gasteiger partial charge is 0.462 e. The molecule has 0 fully saturated rings. The Kier molecular flexibility index (Phi) is 7.96. The molecule has 3 aromatic rings. The number of benzene rings is 1. The Morgan fingerprint density at radius 2 is 1.78 bits per heavy atom. The molecule has 0 aliphatic heterocycles. The lowest BCUT2D eigenvalue weighted by Crippen LogP contribution is -2.20. The van der Waals surface area contributed by atoms with Gasteiger partial charge in [0, 0.05) is 6.20 Å².